The Morgan fingerprint density at radius 3 is 1.23 bits per heavy atom. The van der Waals surface area contributed by atoms with E-state index in [-0.39, 0.29) is 0 Å². The fraction of sp³-hybridized carbons (Fsp3) is 0.111. The molecule has 1 aliphatic carbocycles. The van der Waals surface area contributed by atoms with E-state index in [1.165, 1.54) is 66.5 Å². The first-order valence-corrected chi connectivity index (χ1v) is 10.6. The first-order valence-electron chi connectivity index (χ1n) is 10.6. The van der Waals surface area contributed by atoms with Crippen LogP contribution in [0.4, 0.5) is 0 Å². The van der Waals surface area contributed by atoms with Crippen LogP contribution >= 0.6 is 0 Å². The minimum absolute atomic E-state index is 0.899. The van der Waals surface area contributed by atoms with Crippen LogP contribution in [0.1, 0.15) is 33.8 Å². The van der Waals surface area contributed by atoms with E-state index in [4.69, 9.17) is 0 Å². The van der Waals surface area contributed by atoms with E-state index in [1.807, 2.05) is 0 Å². The molecule has 1 aliphatic rings. The Kier molecular flexibility index (Phi) is 3.17. The number of hydrogen-bond acceptors (Lipinski definition) is 0. The van der Waals surface area contributed by atoms with Gasteiger partial charge in [-0.05, 0) is 34.9 Å². The van der Waals surface area contributed by atoms with Gasteiger partial charge < -0.3 is 15.0 Å². The first-order chi connectivity index (χ1) is 14.8. The van der Waals surface area contributed by atoms with Gasteiger partial charge in [-0.15, -0.1) is 0 Å². The average Bonchev–Trinajstić information content (AvgIpc) is 3.42. The van der Waals surface area contributed by atoms with Crippen molar-refractivity contribution in [1.82, 2.24) is 15.0 Å². The molecule has 3 heteroatoms. The van der Waals surface area contributed by atoms with Crippen LogP contribution in [0.5, 0.6) is 0 Å². The van der Waals surface area contributed by atoms with Crippen LogP contribution in [-0.4, -0.2) is 15.0 Å². The van der Waals surface area contributed by atoms with Gasteiger partial charge >= 0.3 is 0 Å². The van der Waals surface area contributed by atoms with Gasteiger partial charge in [0.05, 0.1) is 0 Å². The molecule has 0 saturated carbocycles. The molecule has 0 fully saturated rings. The first kappa shape index (κ1) is 16.1. The highest BCUT2D eigenvalue weighted by atomic mass is 14.8. The van der Waals surface area contributed by atoms with Crippen LogP contribution in [0.2, 0.25) is 0 Å². The van der Waals surface area contributed by atoms with Gasteiger partial charge in [0.25, 0.3) is 0 Å². The van der Waals surface area contributed by atoms with Crippen molar-refractivity contribution in [2.75, 3.05) is 0 Å². The minimum atomic E-state index is 0.899. The van der Waals surface area contributed by atoms with Gasteiger partial charge in [0, 0.05) is 69.1 Å². The highest BCUT2D eigenvalue weighted by molar-refractivity contribution is 5.90. The largest absolute Gasteiger partial charge is 0.358 e. The zero-order valence-electron chi connectivity index (χ0n) is 16.5. The van der Waals surface area contributed by atoms with Gasteiger partial charge in [0.15, 0.2) is 0 Å². The molecule has 3 nitrogen and oxygen atoms in total. The van der Waals surface area contributed by atoms with Crippen LogP contribution < -0.4 is 0 Å². The molecule has 0 amide bonds. The fourth-order valence-corrected chi connectivity index (χ4v) is 5.36. The highest BCUT2D eigenvalue weighted by Gasteiger charge is 2.23. The summed E-state index contributed by atoms with van der Waals surface area (Å²) in [5, 5.41) is 4.01. The molecule has 3 N–H and O–H groups in total. The standard InChI is InChI=1S/C27H21N3/c1-4-10-22-16(7-1)19-13-20-17-8-2-5-11-23(17)29-26(20)15-27-21(14-25(19)28-22)18-9-3-6-12-24(18)30-27/h1-12,28-30H,13-15H2. The van der Waals surface area contributed by atoms with Crippen LogP contribution in [0.3, 0.4) is 0 Å². The lowest BCUT2D eigenvalue weighted by atomic mass is 9.98. The number of nitrogens with one attached hydrogen (secondary N) is 3. The second-order valence-electron chi connectivity index (χ2n) is 8.41. The molecule has 0 bridgehead atoms. The molecule has 144 valence electrons. The minimum Gasteiger partial charge on any atom is -0.358 e. The molecule has 0 spiro atoms. The van der Waals surface area contributed by atoms with E-state index in [1.54, 1.807) is 0 Å². The Hall–Kier alpha value is -3.72. The number of H-pyrrole nitrogens is 3. The Morgan fingerprint density at radius 1 is 0.400 bits per heavy atom. The number of aromatic nitrogens is 3. The fourth-order valence-electron chi connectivity index (χ4n) is 5.36. The second kappa shape index (κ2) is 5.90. The van der Waals surface area contributed by atoms with Gasteiger partial charge in [-0.1, -0.05) is 54.6 Å². The Morgan fingerprint density at radius 2 is 0.767 bits per heavy atom. The molecule has 0 unspecified atom stereocenters. The molecule has 0 atom stereocenters. The maximum atomic E-state index is 3.75. The Bertz CT molecular complexity index is 1570. The SMILES string of the molecule is c1ccc2c3c([nH]c2c1)Cc1[nH]c2ccccc2c1Cc1c([nH]c2ccccc12)C3. The second-order valence-corrected chi connectivity index (χ2v) is 8.41. The number of aromatic amines is 3. The summed E-state index contributed by atoms with van der Waals surface area (Å²) < 4.78 is 0. The molecule has 6 aromatic rings. The molecule has 0 aliphatic heterocycles. The monoisotopic (exact) mass is 387 g/mol. The number of fused-ring (bicyclic) bond motifs is 9. The topological polar surface area (TPSA) is 47.4 Å². The molecular weight excluding hydrogens is 366 g/mol. The molecule has 0 radical (unpaired) electrons. The summed E-state index contributed by atoms with van der Waals surface area (Å²) in [6, 6.07) is 26.1. The number of hydrogen-bond donors (Lipinski definition) is 3. The van der Waals surface area contributed by atoms with E-state index in [0.29, 0.717) is 0 Å². The number of rotatable bonds is 0. The van der Waals surface area contributed by atoms with Crippen molar-refractivity contribution >= 4 is 32.7 Å². The molecule has 3 aromatic heterocycles. The van der Waals surface area contributed by atoms with Gasteiger partial charge in [-0.2, -0.15) is 0 Å². The molecule has 3 heterocycles. The molecule has 3 aromatic carbocycles. The molecular formula is C27H21N3. The quantitative estimate of drug-likeness (QED) is 0.277. The van der Waals surface area contributed by atoms with Gasteiger partial charge in [0.1, 0.15) is 0 Å². The smallest absolute Gasteiger partial charge is 0.0459 e. The summed E-state index contributed by atoms with van der Waals surface area (Å²) in [7, 11) is 0. The summed E-state index contributed by atoms with van der Waals surface area (Å²) in [5.41, 5.74) is 11.9. The van der Waals surface area contributed by atoms with E-state index in [9.17, 15) is 0 Å². The van der Waals surface area contributed by atoms with Crippen molar-refractivity contribution in [3.8, 4) is 0 Å². The van der Waals surface area contributed by atoms with Crippen molar-refractivity contribution < 1.29 is 0 Å². The lowest BCUT2D eigenvalue weighted by Crippen LogP contribution is -1.96. The lowest BCUT2D eigenvalue weighted by molar-refractivity contribution is 1.01. The maximum Gasteiger partial charge on any atom is 0.0459 e. The van der Waals surface area contributed by atoms with Gasteiger partial charge in [-0.3, -0.25) is 0 Å². The van der Waals surface area contributed by atoms with E-state index in [2.05, 4.69) is 87.7 Å². The van der Waals surface area contributed by atoms with E-state index < -0.39 is 0 Å². The van der Waals surface area contributed by atoms with Gasteiger partial charge in [0.2, 0.25) is 0 Å². The molecule has 30 heavy (non-hydrogen) atoms. The lowest BCUT2D eigenvalue weighted by Gasteiger charge is -2.05. The van der Waals surface area contributed by atoms with E-state index in [0.717, 1.165) is 19.3 Å². The third kappa shape index (κ3) is 2.20. The maximum absolute atomic E-state index is 3.75. The van der Waals surface area contributed by atoms with Crippen molar-refractivity contribution in [1.29, 1.82) is 0 Å². The zero-order valence-corrected chi connectivity index (χ0v) is 16.5. The normalized spacial score (nSPS) is 13.6. The molecule has 0 saturated heterocycles. The van der Waals surface area contributed by atoms with Crippen molar-refractivity contribution in [2.24, 2.45) is 0 Å². The summed E-state index contributed by atoms with van der Waals surface area (Å²) in [6.45, 7) is 0. The highest BCUT2D eigenvalue weighted by Crippen LogP contribution is 2.36. The zero-order chi connectivity index (χ0) is 19.7. The summed E-state index contributed by atoms with van der Waals surface area (Å²) >= 11 is 0. The Balaban J connectivity index is 1.59. The number of para-hydroxylation sites is 3. The number of benzene rings is 3. The van der Waals surface area contributed by atoms with Crippen molar-refractivity contribution in [3.63, 3.8) is 0 Å². The summed E-state index contributed by atoms with van der Waals surface area (Å²) in [6.07, 6.45) is 2.77. The van der Waals surface area contributed by atoms with E-state index >= 15 is 0 Å². The van der Waals surface area contributed by atoms with Crippen molar-refractivity contribution in [2.45, 2.75) is 19.3 Å². The van der Waals surface area contributed by atoms with Crippen LogP contribution in [0, 0.1) is 0 Å². The Labute approximate surface area is 173 Å². The molecule has 7 rings (SSSR count). The predicted molar refractivity (Wildman–Crippen MR) is 123 cm³/mol. The van der Waals surface area contributed by atoms with Gasteiger partial charge in [-0.25, -0.2) is 0 Å². The van der Waals surface area contributed by atoms with Crippen molar-refractivity contribution in [3.05, 3.63) is 107 Å². The third-order valence-electron chi connectivity index (χ3n) is 6.77. The van der Waals surface area contributed by atoms with Crippen LogP contribution in [0.25, 0.3) is 32.7 Å². The van der Waals surface area contributed by atoms with Crippen LogP contribution in [-0.2, 0) is 19.3 Å². The van der Waals surface area contributed by atoms with Crippen LogP contribution in [0.15, 0.2) is 72.8 Å². The summed E-state index contributed by atoms with van der Waals surface area (Å²) in [5.74, 6) is 0. The summed E-state index contributed by atoms with van der Waals surface area (Å²) in [4.78, 5) is 11.2. The average molecular weight is 387 g/mol. The third-order valence-corrected chi connectivity index (χ3v) is 6.77. The predicted octanol–water partition coefficient (Wildman–Crippen LogP) is 6.22.